The predicted molar refractivity (Wildman–Crippen MR) is 86.7 cm³/mol. The van der Waals surface area contributed by atoms with E-state index in [4.69, 9.17) is 4.84 Å². The van der Waals surface area contributed by atoms with Crippen molar-refractivity contribution in [1.29, 1.82) is 0 Å². The summed E-state index contributed by atoms with van der Waals surface area (Å²) in [6, 6.07) is -0.434. The molecule has 0 aliphatic rings. The molecule has 0 aromatic rings. The van der Waals surface area contributed by atoms with Crippen molar-refractivity contribution >= 4 is 11.7 Å². The summed E-state index contributed by atoms with van der Waals surface area (Å²) >= 11 is 0. The first-order chi connectivity index (χ1) is 9.89. The van der Waals surface area contributed by atoms with E-state index in [2.05, 4.69) is 28.5 Å². The summed E-state index contributed by atoms with van der Waals surface area (Å²) in [7, 11) is 0. The van der Waals surface area contributed by atoms with Gasteiger partial charge in [-0.1, -0.05) is 39.5 Å². The SMILES string of the molecule is CCCCCCCC(CC)=NNC(=O)NNOC(C)(C)C. The summed E-state index contributed by atoms with van der Waals surface area (Å²) in [5, 5.41) is 4.13. The van der Waals surface area contributed by atoms with Gasteiger partial charge < -0.3 is 0 Å². The van der Waals surface area contributed by atoms with Crippen molar-refractivity contribution < 1.29 is 9.63 Å². The normalized spacial score (nSPS) is 12.3. The maximum atomic E-state index is 11.5. The molecular weight excluding hydrogens is 268 g/mol. The quantitative estimate of drug-likeness (QED) is 0.327. The van der Waals surface area contributed by atoms with Gasteiger partial charge in [0, 0.05) is 5.71 Å². The Morgan fingerprint density at radius 2 is 1.76 bits per heavy atom. The van der Waals surface area contributed by atoms with E-state index in [1.54, 1.807) is 0 Å². The fourth-order valence-corrected chi connectivity index (χ4v) is 1.63. The highest BCUT2D eigenvalue weighted by atomic mass is 16.7. The molecule has 0 aliphatic carbocycles. The van der Waals surface area contributed by atoms with Crippen molar-refractivity contribution in [3.8, 4) is 0 Å². The highest BCUT2D eigenvalue weighted by Crippen LogP contribution is 2.07. The first kappa shape index (κ1) is 19.9. The number of carbonyl (C=O) groups excluding carboxylic acids is 1. The molecule has 0 saturated carbocycles. The van der Waals surface area contributed by atoms with Gasteiger partial charge in [0.15, 0.2) is 0 Å². The second kappa shape index (κ2) is 11.5. The molecule has 0 rings (SSSR count). The Hall–Kier alpha value is -1.14. The summed E-state index contributed by atoms with van der Waals surface area (Å²) in [6.07, 6.45) is 7.95. The van der Waals surface area contributed by atoms with Gasteiger partial charge in [0.1, 0.15) is 0 Å². The van der Waals surface area contributed by atoms with Gasteiger partial charge in [0.05, 0.1) is 5.60 Å². The standard InChI is InChI=1S/C15H32N4O2/c1-6-8-9-10-11-12-13(7-2)16-17-14(20)18-19-21-15(3,4)5/h19H,6-12H2,1-5H3,(H2,17,18,20). The zero-order chi connectivity index (χ0) is 16.1. The zero-order valence-electron chi connectivity index (χ0n) is 14.2. The molecule has 0 unspecified atom stereocenters. The van der Waals surface area contributed by atoms with Crippen LogP contribution in [0, 0.1) is 0 Å². The van der Waals surface area contributed by atoms with Crippen LogP contribution in [0.2, 0.25) is 0 Å². The Bertz CT molecular complexity index is 311. The third-order valence-corrected chi connectivity index (χ3v) is 2.81. The third-order valence-electron chi connectivity index (χ3n) is 2.81. The molecule has 0 heterocycles. The average molecular weight is 300 g/mol. The van der Waals surface area contributed by atoms with E-state index < -0.39 is 6.03 Å². The molecule has 124 valence electrons. The van der Waals surface area contributed by atoms with Crippen LogP contribution in [0.1, 0.15) is 79.6 Å². The number of hydrogen-bond donors (Lipinski definition) is 3. The minimum Gasteiger partial charge on any atom is -0.277 e. The third kappa shape index (κ3) is 13.6. The van der Waals surface area contributed by atoms with Crippen LogP contribution in [0.3, 0.4) is 0 Å². The van der Waals surface area contributed by atoms with Crippen LogP contribution in [-0.4, -0.2) is 17.3 Å². The summed E-state index contributed by atoms with van der Waals surface area (Å²) in [5.41, 5.74) is 7.88. The van der Waals surface area contributed by atoms with E-state index >= 15 is 0 Å². The van der Waals surface area contributed by atoms with Crippen LogP contribution in [0.15, 0.2) is 5.10 Å². The molecule has 0 spiro atoms. The molecule has 6 heteroatoms. The Morgan fingerprint density at radius 1 is 1.10 bits per heavy atom. The molecule has 0 saturated heterocycles. The monoisotopic (exact) mass is 300 g/mol. The summed E-state index contributed by atoms with van der Waals surface area (Å²) in [6.45, 7) is 9.90. The number of hydrazone groups is 1. The fraction of sp³-hybridized carbons (Fsp3) is 0.867. The minimum absolute atomic E-state index is 0.371. The summed E-state index contributed by atoms with van der Waals surface area (Å²) in [5.74, 6) is 0. The van der Waals surface area contributed by atoms with Crippen molar-refractivity contribution in [3.05, 3.63) is 0 Å². The number of carbonyl (C=O) groups is 1. The number of nitrogens with one attached hydrogen (secondary N) is 3. The number of hydrogen-bond acceptors (Lipinski definition) is 4. The zero-order valence-corrected chi connectivity index (χ0v) is 14.2. The lowest BCUT2D eigenvalue weighted by Crippen LogP contribution is -2.45. The number of urea groups is 1. The second-order valence-corrected chi connectivity index (χ2v) is 6.08. The molecule has 6 nitrogen and oxygen atoms in total. The van der Waals surface area contributed by atoms with Crippen LogP contribution in [0.4, 0.5) is 4.79 Å². The predicted octanol–water partition coefficient (Wildman–Crippen LogP) is 3.65. The molecule has 0 bridgehead atoms. The molecule has 0 radical (unpaired) electrons. The Labute approximate surface area is 129 Å². The van der Waals surface area contributed by atoms with Gasteiger partial charge in [-0.15, -0.1) is 5.59 Å². The summed E-state index contributed by atoms with van der Waals surface area (Å²) in [4.78, 5) is 16.7. The van der Waals surface area contributed by atoms with Crippen molar-refractivity contribution in [2.45, 2.75) is 85.2 Å². The largest absolute Gasteiger partial charge is 0.351 e. The number of rotatable bonds is 10. The molecule has 0 atom stereocenters. The van der Waals surface area contributed by atoms with E-state index in [0.717, 1.165) is 25.0 Å². The van der Waals surface area contributed by atoms with Crippen LogP contribution in [0.25, 0.3) is 0 Å². The Morgan fingerprint density at radius 3 is 2.33 bits per heavy atom. The molecule has 0 aromatic heterocycles. The maximum absolute atomic E-state index is 11.5. The van der Waals surface area contributed by atoms with E-state index in [0.29, 0.717) is 0 Å². The number of unbranched alkanes of at least 4 members (excludes halogenated alkanes) is 4. The second-order valence-electron chi connectivity index (χ2n) is 6.08. The molecular formula is C15H32N4O2. The number of nitrogens with zero attached hydrogens (tertiary/aromatic N) is 1. The van der Waals surface area contributed by atoms with E-state index in [9.17, 15) is 4.79 Å². The van der Waals surface area contributed by atoms with Crippen molar-refractivity contribution in [1.82, 2.24) is 16.4 Å². The number of amides is 2. The lowest BCUT2D eigenvalue weighted by Gasteiger charge is -2.19. The Kier molecular flexibility index (Phi) is 10.9. The van der Waals surface area contributed by atoms with Gasteiger partial charge in [0.25, 0.3) is 0 Å². The van der Waals surface area contributed by atoms with Gasteiger partial charge >= 0.3 is 6.03 Å². The molecule has 3 N–H and O–H groups in total. The highest BCUT2D eigenvalue weighted by molar-refractivity contribution is 5.85. The van der Waals surface area contributed by atoms with Gasteiger partial charge in [-0.2, -0.15) is 5.10 Å². The van der Waals surface area contributed by atoms with Gasteiger partial charge in [-0.3, -0.25) is 4.84 Å². The summed E-state index contributed by atoms with van der Waals surface area (Å²) < 4.78 is 0. The lowest BCUT2D eigenvalue weighted by atomic mass is 10.1. The van der Waals surface area contributed by atoms with E-state index in [1.165, 1.54) is 25.7 Å². The van der Waals surface area contributed by atoms with Gasteiger partial charge in [-0.05, 0) is 40.0 Å². The first-order valence-corrected chi connectivity index (χ1v) is 7.93. The van der Waals surface area contributed by atoms with Crippen LogP contribution >= 0.6 is 0 Å². The molecule has 2 amide bonds. The topological polar surface area (TPSA) is 74.8 Å². The molecule has 0 fully saturated rings. The smallest absolute Gasteiger partial charge is 0.277 e. The minimum atomic E-state index is -0.434. The molecule has 21 heavy (non-hydrogen) atoms. The maximum Gasteiger partial charge on any atom is 0.351 e. The fourth-order valence-electron chi connectivity index (χ4n) is 1.63. The lowest BCUT2D eigenvalue weighted by molar-refractivity contribution is -0.0862. The highest BCUT2D eigenvalue weighted by Gasteiger charge is 2.10. The van der Waals surface area contributed by atoms with Crippen molar-refractivity contribution in [3.63, 3.8) is 0 Å². The van der Waals surface area contributed by atoms with Crippen LogP contribution in [0.5, 0.6) is 0 Å². The first-order valence-electron chi connectivity index (χ1n) is 7.93. The van der Waals surface area contributed by atoms with Crippen molar-refractivity contribution in [2.24, 2.45) is 5.10 Å². The van der Waals surface area contributed by atoms with Gasteiger partial charge in [-0.25, -0.2) is 15.6 Å². The van der Waals surface area contributed by atoms with Crippen LogP contribution < -0.4 is 16.4 Å². The van der Waals surface area contributed by atoms with Gasteiger partial charge in [0.2, 0.25) is 0 Å². The van der Waals surface area contributed by atoms with E-state index in [1.807, 2.05) is 27.7 Å². The number of hydrazine groups is 1. The van der Waals surface area contributed by atoms with Crippen LogP contribution in [-0.2, 0) is 4.84 Å². The molecule has 0 aliphatic heterocycles. The van der Waals surface area contributed by atoms with E-state index in [-0.39, 0.29) is 5.60 Å². The van der Waals surface area contributed by atoms with Crippen molar-refractivity contribution in [2.75, 3.05) is 0 Å². The Balaban J connectivity index is 3.86. The average Bonchev–Trinajstić information content (AvgIpc) is 2.40. The molecule has 0 aromatic carbocycles.